The summed E-state index contributed by atoms with van der Waals surface area (Å²) in [5.74, 6) is 1.09. The van der Waals surface area contributed by atoms with E-state index >= 15 is 0 Å². The van der Waals surface area contributed by atoms with Crippen molar-refractivity contribution in [2.45, 2.75) is 104 Å². The Bertz CT molecular complexity index is 692. The van der Waals surface area contributed by atoms with Crippen LogP contribution in [0.5, 0.6) is 0 Å². The van der Waals surface area contributed by atoms with Gasteiger partial charge in [-0.2, -0.15) is 0 Å². The minimum atomic E-state index is 0.0609. The van der Waals surface area contributed by atoms with Gasteiger partial charge in [-0.3, -0.25) is 14.5 Å². The van der Waals surface area contributed by atoms with Gasteiger partial charge < -0.3 is 19.5 Å². The molecule has 1 N–H and O–H groups in total. The van der Waals surface area contributed by atoms with Crippen molar-refractivity contribution in [3.8, 4) is 0 Å². The van der Waals surface area contributed by atoms with Crippen LogP contribution in [0.2, 0.25) is 0 Å². The zero-order chi connectivity index (χ0) is 27.6. The van der Waals surface area contributed by atoms with Crippen molar-refractivity contribution in [3.63, 3.8) is 0 Å². The Balaban J connectivity index is 1.65. The van der Waals surface area contributed by atoms with Crippen molar-refractivity contribution >= 4 is 11.6 Å². The molecule has 2 fully saturated rings. The Labute approximate surface area is 232 Å². The molecule has 0 bridgehead atoms. The minimum absolute atomic E-state index is 0.0609. The van der Waals surface area contributed by atoms with Crippen molar-refractivity contribution in [3.05, 3.63) is 11.3 Å². The lowest BCUT2D eigenvalue weighted by molar-refractivity contribution is -0.131. The number of ether oxygens (including phenoxy) is 3. The van der Waals surface area contributed by atoms with Crippen LogP contribution in [0.25, 0.3) is 0 Å². The fourth-order valence-corrected chi connectivity index (χ4v) is 5.07. The summed E-state index contributed by atoms with van der Waals surface area (Å²) in [4.78, 5) is 27.4. The van der Waals surface area contributed by atoms with Gasteiger partial charge in [0.15, 0.2) is 5.78 Å². The lowest BCUT2D eigenvalue weighted by Crippen LogP contribution is -2.46. The average molecular weight is 537 g/mol. The maximum atomic E-state index is 13.4. The maximum absolute atomic E-state index is 13.4. The van der Waals surface area contributed by atoms with Gasteiger partial charge in [0.05, 0.1) is 45.7 Å². The van der Waals surface area contributed by atoms with E-state index in [1.54, 1.807) is 0 Å². The molecule has 1 atom stereocenters. The molecule has 2 aliphatic carbocycles. The molecule has 38 heavy (non-hydrogen) atoms. The first-order valence-electron chi connectivity index (χ1n) is 15.5. The highest BCUT2D eigenvalue weighted by atomic mass is 16.5. The number of rotatable bonds is 24. The Morgan fingerprint density at radius 1 is 0.868 bits per heavy atom. The molecular weight excluding hydrogens is 480 g/mol. The zero-order valence-corrected chi connectivity index (χ0v) is 24.9. The van der Waals surface area contributed by atoms with Gasteiger partial charge in [0.25, 0.3) is 0 Å². The Morgan fingerprint density at radius 2 is 1.47 bits per heavy atom. The third-order valence-corrected chi connectivity index (χ3v) is 7.82. The maximum Gasteiger partial charge on any atom is 0.153 e. The topological polar surface area (TPSA) is 77.1 Å². The van der Waals surface area contributed by atoms with Crippen LogP contribution >= 0.6 is 0 Å². The van der Waals surface area contributed by atoms with Crippen LogP contribution in [0, 0.1) is 11.8 Å². The molecule has 0 aromatic rings. The molecule has 0 heterocycles. The lowest BCUT2D eigenvalue weighted by Gasteiger charge is -2.36. The molecule has 0 amide bonds. The Morgan fingerprint density at radius 3 is 1.97 bits per heavy atom. The van der Waals surface area contributed by atoms with E-state index in [1.165, 1.54) is 37.0 Å². The van der Waals surface area contributed by atoms with E-state index in [4.69, 9.17) is 14.2 Å². The van der Waals surface area contributed by atoms with E-state index in [9.17, 15) is 9.59 Å². The molecular formula is C31H56N2O5. The van der Waals surface area contributed by atoms with Crippen molar-refractivity contribution in [2.24, 2.45) is 11.8 Å². The van der Waals surface area contributed by atoms with Crippen molar-refractivity contribution in [1.82, 2.24) is 10.2 Å². The second kappa shape index (κ2) is 19.7. The van der Waals surface area contributed by atoms with Crippen molar-refractivity contribution < 1.29 is 23.8 Å². The molecule has 2 aliphatic rings. The number of Topliss-reactive ketones (excluding diaryl/α,β-unsaturated/α-hetero) is 2. The molecule has 2 saturated carbocycles. The van der Waals surface area contributed by atoms with Gasteiger partial charge in [-0.05, 0) is 70.9 Å². The molecule has 0 aromatic heterocycles. The van der Waals surface area contributed by atoms with Crippen LogP contribution in [0.3, 0.4) is 0 Å². The summed E-state index contributed by atoms with van der Waals surface area (Å²) < 4.78 is 16.8. The molecule has 0 radical (unpaired) electrons. The third kappa shape index (κ3) is 12.3. The van der Waals surface area contributed by atoms with Crippen LogP contribution in [-0.2, 0) is 23.8 Å². The first-order valence-corrected chi connectivity index (χ1v) is 15.5. The predicted molar refractivity (Wildman–Crippen MR) is 153 cm³/mol. The first-order chi connectivity index (χ1) is 18.5. The standard InChI is InChI=1S/C31H56N2O5/c1-5-17-33(18-6-2)29(31(35)27-11-8-12-27)14-13-28(26-9-7-10-26)32-16-20-37-22-24-38-23-21-36-19-15-30(34)25(3)4/h25,27,29,32H,5-24H2,1-4H3. The van der Waals surface area contributed by atoms with E-state index in [1.807, 2.05) is 13.8 Å². The molecule has 0 spiro atoms. The minimum Gasteiger partial charge on any atom is -0.386 e. The number of ketones is 2. The first kappa shape index (κ1) is 32.9. The Hall–Kier alpha value is -1.28. The fraction of sp³-hybridized carbons (Fsp3) is 0.871. The number of allylic oxidation sites excluding steroid dienone is 2. The molecule has 0 saturated heterocycles. The molecule has 1 unspecified atom stereocenters. The highest BCUT2D eigenvalue weighted by Gasteiger charge is 2.34. The van der Waals surface area contributed by atoms with Gasteiger partial charge in [-0.25, -0.2) is 0 Å². The number of nitrogens with zero attached hydrogens (tertiary/aromatic N) is 1. The van der Waals surface area contributed by atoms with Gasteiger partial charge in [-0.1, -0.05) is 39.7 Å². The van der Waals surface area contributed by atoms with Crippen molar-refractivity contribution in [2.75, 3.05) is 59.3 Å². The molecule has 0 aromatic carbocycles. The summed E-state index contributed by atoms with van der Waals surface area (Å²) in [6, 6.07) is 0.0609. The van der Waals surface area contributed by atoms with Crippen LogP contribution in [0.15, 0.2) is 11.3 Å². The predicted octanol–water partition coefficient (Wildman–Crippen LogP) is 5.32. The largest absolute Gasteiger partial charge is 0.386 e. The number of carbonyl (C=O) groups excluding carboxylic acids is 2. The summed E-state index contributed by atoms with van der Waals surface area (Å²) >= 11 is 0. The van der Waals surface area contributed by atoms with Gasteiger partial charge >= 0.3 is 0 Å². The van der Waals surface area contributed by atoms with Crippen molar-refractivity contribution in [1.29, 1.82) is 0 Å². The summed E-state index contributed by atoms with van der Waals surface area (Å²) in [5, 5.41) is 3.65. The van der Waals surface area contributed by atoms with Gasteiger partial charge in [0.2, 0.25) is 0 Å². The van der Waals surface area contributed by atoms with Crippen LogP contribution in [0.1, 0.15) is 98.3 Å². The van der Waals surface area contributed by atoms with Crippen LogP contribution in [0.4, 0.5) is 0 Å². The smallest absolute Gasteiger partial charge is 0.153 e. The van der Waals surface area contributed by atoms with E-state index < -0.39 is 0 Å². The molecule has 7 heteroatoms. The van der Waals surface area contributed by atoms with Gasteiger partial charge in [0, 0.05) is 30.5 Å². The zero-order valence-electron chi connectivity index (χ0n) is 24.9. The summed E-state index contributed by atoms with van der Waals surface area (Å²) in [6.45, 7) is 14.3. The van der Waals surface area contributed by atoms with E-state index in [2.05, 4.69) is 24.1 Å². The molecule has 7 nitrogen and oxygen atoms in total. The summed E-state index contributed by atoms with van der Waals surface area (Å²) in [7, 11) is 0. The SMILES string of the molecule is CCCN(CCC)C(CCC(NCCOCCOCCOCCC(=O)C(C)C)=C1CCC1)C(=O)C1CCC1. The molecule has 220 valence electrons. The second-order valence-corrected chi connectivity index (χ2v) is 11.2. The normalized spacial score (nSPS) is 16.4. The Kier molecular flexibility index (Phi) is 17.1. The van der Waals surface area contributed by atoms with Gasteiger partial charge in [0.1, 0.15) is 5.78 Å². The fourth-order valence-electron chi connectivity index (χ4n) is 5.07. The van der Waals surface area contributed by atoms with Crippen LogP contribution < -0.4 is 5.32 Å². The number of nitrogens with one attached hydrogen (secondary N) is 1. The number of hydrogen-bond acceptors (Lipinski definition) is 7. The molecule has 0 aliphatic heterocycles. The van der Waals surface area contributed by atoms with E-state index in [0.717, 1.165) is 58.2 Å². The average Bonchev–Trinajstić information content (AvgIpc) is 2.82. The second-order valence-electron chi connectivity index (χ2n) is 11.2. The summed E-state index contributed by atoms with van der Waals surface area (Å²) in [5.41, 5.74) is 2.89. The quantitative estimate of drug-likeness (QED) is 0.167. The van der Waals surface area contributed by atoms with Crippen LogP contribution in [-0.4, -0.2) is 81.8 Å². The van der Waals surface area contributed by atoms with Gasteiger partial charge in [-0.15, -0.1) is 0 Å². The highest BCUT2D eigenvalue weighted by molar-refractivity contribution is 5.87. The third-order valence-electron chi connectivity index (χ3n) is 7.82. The van der Waals surface area contributed by atoms with E-state index in [0.29, 0.717) is 57.8 Å². The highest BCUT2D eigenvalue weighted by Crippen LogP contribution is 2.33. The van der Waals surface area contributed by atoms with E-state index in [-0.39, 0.29) is 17.7 Å². The molecule has 2 rings (SSSR count). The lowest BCUT2D eigenvalue weighted by atomic mass is 9.78. The number of carbonyl (C=O) groups is 2. The monoisotopic (exact) mass is 536 g/mol. The number of hydrogen-bond donors (Lipinski definition) is 1. The summed E-state index contributed by atoms with van der Waals surface area (Å²) in [6.07, 6.45) is 11.5.